The smallest absolute Gasteiger partial charge is 0.376 e. The van der Waals surface area contributed by atoms with Crippen LogP contribution in [-0.4, -0.2) is 18.8 Å². The van der Waals surface area contributed by atoms with E-state index in [1.807, 2.05) is 0 Å². The van der Waals surface area contributed by atoms with Crippen LogP contribution in [0.4, 0.5) is 18.9 Å². The van der Waals surface area contributed by atoms with Gasteiger partial charge in [-0.3, -0.25) is 10.1 Å². The van der Waals surface area contributed by atoms with Gasteiger partial charge in [0.1, 0.15) is 5.75 Å². The van der Waals surface area contributed by atoms with Crippen molar-refractivity contribution in [2.45, 2.75) is 25.8 Å². The predicted octanol–water partition coefficient (Wildman–Crippen LogP) is 4.03. The number of halogens is 3. The molecule has 0 bridgehead atoms. The molecule has 26 heavy (non-hydrogen) atoms. The van der Waals surface area contributed by atoms with E-state index in [0.717, 1.165) is 11.6 Å². The minimum Gasteiger partial charge on any atom is -0.376 e. The highest BCUT2D eigenvalue weighted by atomic mass is 32.2. The lowest BCUT2D eigenvalue weighted by Crippen LogP contribution is -2.28. The molecule has 2 aromatic carbocycles. The van der Waals surface area contributed by atoms with E-state index in [1.54, 1.807) is 26.0 Å². The van der Waals surface area contributed by atoms with E-state index in [-0.39, 0.29) is 12.1 Å². The van der Waals surface area contributed by atoms with Crippen LogP contribution < -0.4 is 4.18 Å². The Morgan fingerprint density at radius 2 is 1.77 bits per heavy atom. The zero-order valence-corrected chi connectivity index (χ0v) is 14.5. The van der Waals surface area contributed by atoms with Crippen LogP contribution in [0.1, 0.15) is 22.3 Å². The monoisotopic (exact) mass is 389 g/mol. The first kappa shape index (κ1) is 19.7. The molecule has 0 fully saturated rings. The van der Waals surface area contributed by atoms with Crippen molar-refractivity contribution in [3.63, 3.8) is 0 Å². The van der Waals surface area contributed by atoms with Crippen LogP contribution in [0.15, 0.2) is 36.4 Å². The molecule has 140 valence electrons. The third-order valence-electron chi connectivity index (χ3n) is 3.63. The first-order valence-electron chi connectivity index (χ1n) is 7.25. The summed E-state index contributed by atoms with van der Waals surface area (Å²) in [5.41, 5.74) is -3.24. The summed E-state index contributed by atoms with van der Waals surface area (Å²) in [4.78, 5) is 10.4. The first-order valence-corrected chi connectivity index (χ1v) is 8.66. The molecule has 0 heterocycles. The lowest BCUT2D eigenvalue weighted by Gasteiger charge is -2.11. The molecule has 0 aromatic heterocycles. The van der Waals surface area contributed by atoms with Gasteiger partial charge in [0.05, 0.1) is 4.92 Å². The Hall–Kier alpha value is -2.62. The quantitative estimate of drug-likeness (QED) is 0.334. The molecule has 0 amide bonds. The van der Waals surface area contributed by atoms with Crippen LogP contribution in [-0.2, 0) is 16.5 Å². The highest BCUT2D eigenvalue weighted by Crippen LogP contribution is 2.29. The summed E-state index contributed by atoms with van der Waals surface area (Å²) >= 11 is 0. The second kappa shape index (κ2) is 6.94. The van der Waals surface area contributed by atoms with Crippen LogP contribution in [0.5, 0.6) is 5.75 Å². The second-order valence-corrected chi connectivity index (χ2v) is 7.17. The molecule has 6 nitrogen and oxygen atoms in total. The fourth-order valence-electron chi connectivity index (χ4n) is 2.35. The fraction of sp³-hybridized carbons (Fsp3) is 0.250. The number of aryl methyl sites for hydroxylation is 2. The summed E-state index contributed by atoms with van der Waals surface area (Å²) in [6.07, 6.45) is 0.244. The molecule has 0 aliphatic heterocycles. The summed E-state index contributed by atoms with van der Waals surface area (Å²) in [5.74, 6) is -0.462. The number of hydrogen-bond donors (Lipinski definition) is 0. The van der Waals surface area contributed by atoms with E-state index in [9.17, 15) is 31.7 Å². The van der Waals surface area contributed by atoms with Crippen LogP contribution in [0.3, 0.4) is 0 Å². The maximum absolute atomic E-state index is 12.4. The maximum Gasteiger partial charge on any atom is 0.534 e. The molecule has 0 radical (unpaired) electrons. The Morgan fingerprint density at radius 1 is 1.12 bits per heavy atom. The van der Waals surface area contributed by atoms with Gasteiger partial charge in [0, 0.05) is 11.6 Å². The summed E-state index contributed by atoms with van der Waals surface area (Å²) in [7, 11) is -5.75. The van der Waals surface area contributed by atoms with Gasteiger partial charge in [-0.15, -0.1) is 0 Å². The summed E-state index contributed by atoms with van der Waals surface area (Å²) in [6, 6.07) is 8.26. The third-order valence-corrected chi connectivity index (χ3v) is 4.61. The minimum absolute atomic E-state index is 0.0281. The number of nitrogens with zero attached hydrogens (tertiary/aromatic N) is 1. The van der Waals surface area contributed by atoms with Gasteiger partial charge >= 0.3 is 15.6 Å². The molecular formula is C16H14F3NO5S. The van der Waals surface area contributed by atoms with Crippen molar-refractivity contribution in [3.05, 3.63) is 68.8 Å². The van der Waals surface area contributed by atoms with Crippen molar-refractivity contribution >= 4 is 15.8 Å². The average Bonchev–Trinajstić information content (AvgIpc) is 2.49. The lowest BCUT2D eigenvalue weighted by molar-refractivity contribution is -0.385. The molecular weight excluding hydrogens is 375 g/mol. The molecule has 0 aliphatic rings. The van der Waals surface area contributed by atoms with Crippen molar-refractivity contribution in [2.24, 2.45) is 0 Å². The molecule has 0 N–H and O–H groups in total. The Labute approximate surface area is 147 Å². The van der Waals surface area contributed by atoms with Crippen molar-refractivity contribution in [1.29, 1.82) is 0 Å². The van der Waals surface area contributed by atoms with Crippen molar-refractivity contribution in [1.82, 2.24) is 0 Å². The zero-order valence-electron chi connectivity index (χ0n) is 13.7. The molecule has 2 rings (SSSR count). The molecule has 0 saturated carbocycles. The Bertz CT molecular complexity index is 955. The number of nitro benzene ring substituents is 1. The van der Waals surface area contributed by atoms with E-state index < -0.39 is 26.3 Å². The molecule has 0 aliphatic carbocycles. The van der Waals surface area contributed by atoms with Gasteiger partial charge in [0.25, 0.3) is 5.69 Å². The normalized spacial score (nSPS) is 12.0. The largest absolute Gasteiger partial charge is 0.534 e. The zero-order chi connectivity index (χ0) is 19.7. The van der Waals surface area contributed by atoms with E-state index >= 15 is 0 Å². The van der Waals surface area contributed by atoms with Crippen LogP contribution in [0, 0.1) is 24.0 Å². The Morgan fingerprint density at radius 3 is 2.35 bits per heavy atom. The Kier molecular flexibility index (Phi) is 5.26. The number of benzene rings is 2. The van der Waals surface area contributed by atoms with Crippen molar-refractivity contribution < 1.29 is 30.7 Å². The van der Waals surface area contributed by atoms with Crippen molar-refractivity contribution in [3.8, 4) is 5.75 Å². The van der Waals surface area contributed by atoms with E-state index in [2.05, 4.69) is 4.18 Å². The molecule has 0 saturated heterocycles. The van der Waals surface area contributed by atoms with Gasteiger partial charge < -0.3 is 4.18 Å². The average molecular weight is 389 g/mol. The van der Waals surface area contributed by atoms with Crippen LogP contribution in [0.2, 0.25) is 0 Å². The SMILES string of the molecule is Cc1cc([N+](=O)[O-])c(C)cc1Cc1cccc(OS(=O)(=O)C(F)(F)F)c1. The number of rotatable bonds is 5. The third kappa shape index (κ3) is 4.31. The Balaban J connectivity index is 2.30. The van der Waals surface area contributed by atoms with Gasteiger partial charge in [0.15, 0.2) is 0 Å². The summed E-state index contributed by atoms with van der Waals surface area (Å²) in [5, 5.41) is 10.9. The molecule has 10 heteroatoms. The van der Waals surface area contributed by atoms with Gasteiger partial charge in [0.2, 0.25) is 0 Å². The lowest BCUT2D eigenvalue weighted by atomic mass is 9.97. The van der Waals surface area contributed by atoms with Gasteiger partial charge in [-0.2, -0.15) is 21.6 Å². The predicted molar refractivity (Wildman–Crippen MR) is 87.4 cm³/mol. The highest BCUT2D eigenvalue weighted by molar-refractivity contribution is 7.88. The number of hydrogen-bond acceptors (Lipinski definition) is 5. The van der Waals surface area contributed by atoms with Crippen LogP contribution in [0.25, 0.3) is 0 Å². The highest BCUT2D eigenvalue weighted by Gasteiger charge is 2.48. The summed E-state index contributed by atoms with van der Waals surface area (Å²) in [6.45, 7) is 3.26. The topological polar surface area (TPSA) is 86.5 Å². The fourth-order valence-corrected chi connectivity index (χ4v) is 2.80. The molecule has 0 unspecified atom stereocenters. The van der Waals surface area contributed by atoms with Crippen LogP contribution >= 0.6 is 0 Å². The standard InChI is InChI=1S/C16H14F3NO5S/c1-10-7-15(20(21)22)11(2)6-13(10)8-12-4-3-5-14(9-12)25-26(23,24)16(17,18)19/h3-7,9H,8H2,1-2H3. The van der Waals surface area contributed by atoms with Gasteiger partial charge in [-0.25, -0.2) is 0 Å². The van der Waals surface area contributed by atoms with Gasteiger partial charge in [-0.05, 0) is 55.2 Å². The van der Waals surface area contributed by atoms with E-state index in [0.29, 0.717) is 16.7 Å². The van der Waals surface area contributed by atoms with Gasteiger partial charge in [-0.1, -0.05) is 12.1 Å². The second-order valence-electron chi connectivity index (χ2n) is 5.63. The van der Waals surface area contributed by atoms with Crippen molar-refractivity contribution in [2.75, 3.05) is 0 Å². The van der Waals surface area contributed by atoms with E-state index in [4.69, 9.17) is 0 Å². The minimum atomic E-state index is -5.75. The molecule has 0 atom stereocenters. The summed E-state index contributed by atoms with van der Waals surface area (Å²) < 4.78 is 63.5. The number of nitro groups is 1. The number of alkyl halides is 3. The molecule has 2 aromatic rings. The van der Waals surface area contributed by atoms with E-state index in [1.165, 1.54) is 18.2 Å². The first-order chi connectivity index (χ1) is 11.9. The maximum atomic E-state index is 12.4. The molecule has 0 spiro atoms.